The highest BCUT2D eigenvalue weighted by molar-refractivity contribution is 6.11. The number of rotatable bonds is 8. The second-order valence-corrected chi connectivity index (χ2v) is 7.17. The Bertz CT molecular complexity index is 949. The van der Waals surface area contributed by atoms with Crippen LogP contribution in [0.15, 0.2) is 60.7 Å². The third kappa shape index (κ3) is 4.39. The van der Waals surface area contributed by atoms with Crippen molar-refractivity contribution in [1.82, 2.24) is 0 Å². The third-order valence-electron chi connectivity index (χ3n) is 4.86. The molecule has 146 valence electrons. The van der Waals surface area contributed by atoms with Crippen molar-refractivity contribution in [2.75, 3.05) is 13.2 Å². The van der Waals surface area contributed by atoms with E-state index in [-0.39, 0.29) is 0 Å². The molecule has 2 nitrogen and oxygen atoms in total. The highest BCUT2D eigenvalue weighted by atomic mass is 16.5. The molecule has 0 saturated heterocycles. The van der Waals surface area contributed by atoms with Crippen LogP contribution in [0, 0.1) is 13.8 Å². The molecule has 0 radical (unpaired) electrons. The first-order valence-electron chi connectivity index (χ1n) is 10.1. The zero-order valence-electron chi connectivity index (χ0n) is 17.4. The summed E-state index contributed by atoms with van der Waals surface area (Å²) < 4.78 is 12.6. The SMILES string of the molecule is C/C=C/CCOc1c2ccc(C)cc2c(OCC/C=C/C)c2cc(C)ccc12. The van der Waals surface area contributed by atoms with Crippen molar-refractivity contribution in [2.45, 2.75) is 40.5 Å². The number of fused-ring (bicyclic) bond motifs is 2. The normalized spacial score (nSPS) is 11.9. The van der Waals surface area contributed by atoms with E-state index in [1.165, 1.54) is 11.1 Å². The van der Waals surface area contributed by atoms with Gasteiger partial charge in [-0.2, -0.15) is 0 Å². The van der Waals surface area contributed by atoms with Gasteiger partial charge in [0.1, 0.15) is 11.5 Å². The Kier molecular flexibility index (Phi) is 6.76. The van der Waals surface area contributed by atoms with Gasteiger partial charge in [0.2, 0.25) is 0 Å². The third-order valence-corrected chi connectivity index (χ3v) is 4.86. The van der Waals surface area contributed by atoms with Crippen molar-refractivity contribution < 1.29 is 9.47 Å². The fraction of sp³-hybridized carbons (Fsp3) is 0.308. The van der Waals surface area contributed by atoms with Gasteiger partial charge in [0.05, 0.1) is 13.2 Å². The molecule has 0 aromatic heterocycles. The monoisotopic (exact) mass is 374 g/mol. The smallest absolute Gasteiger partial charge is 0.135 e. The summed E-state index contributed by atoms with van der Waals surface area (Å²) in [5.74, 6) is 1.91. The molecule has 0 saturated carbocycles. The molecule has 2 heteroatoms. The van der Waals surface area contributed by atoms with Crippen LogP contribution in [0.3, 0.4) is 0 Å². The molecule has 3 rings (SSSR count). The summed E-state index contributed by atoms with van der Waals surface area (Å²) in [4.78, 5) is 0. The predicted molar refractivity (Wildman–Crippen MR) is 121 cm³/mol. The molecular formula is C26H30O2. The Hall–Kier alpha value is -2.74. The zero-order chi connectivity index (χ0) is 19.9. The van der Waals surface area contributed by atoms with Crippen LogP contribution in [0.2, 0.25) is 0 Å². The summed E-state index contributed by atoms with van der Waals surface area (Å²) in [5.41, 5.74) is 2.44. The quantitative estimate of drug-likeness (QED) is 0.234. The van der Waals surface area contributed by atoms with Crippen LogP contribution >= 0.6 is 0 Å². The van der Waals surface area contributed by atoms with E-state index >= 15 is 0 Å². The maximum Gasteiger partial charge on any atom is 0.135 e. The van der Waals surface area contributed by atoms with Crippen molar-refractivity contribution >= 4 is 21.5 Å². The van der Waals surface area contributed by atoms with Crippen LogP contribution in [-0.4, -0.2) is 13.2 Å². The fourth-order valence-corrected chi connectivity index (χ4v) is 3.48. The van der Waals surface area contributed by atoms with E-state index in [2.05, 4.69) is 74.5 Å². The molecule has 0 spiro atoms. The minimum absolute atomic E-state index is 0.664. The molecule has 0 heterocycles. The lowest BCUT2D eigenvalue weighted by atomic mass is 9.98. The van der Waals surface area contributed by atoms with Crippen LogP contribution < -0.4 is 9.47 Å². The van der Waals surface area contributed by atoms with Crippen molar-refractivity contribution in [3.63, 3.8) is 0 Å². The summed E-state index contributed by atoms with van der Waals surface area (Å²) in [5, 5.41) is 4.48. The Labute approximate surface area is 168 Å². The Morgan fingerprint density at radius 3 is 1.50 bits per heavy atom. The molecule has 0 aliphatic rings. The second-order valence-electron chi connectivity index (χ2n) is 7.17. The molecule has 0 bridgehead atoms. The molecule has 0 aliphatic carbocycles. The summed E-state index contributed by atoms with van der Waals surface area (Å²) in [6.07, 6.45) is 10.2. The number of hydrogen-bond donors (Lipinski definition) is 0. The molecule has 0 aliphatic heterocycles. The van der Waals surface area contributed by atoms with Crippen LogP contribution in [0.5, 0.6) is 11.5 Å². The van der Waals surface area contributed by atoms with Gasteiger partial charge >= 0.3 is 0 Å². The molecule has 28 heavy (non-hydrogen) atoms. The van der Waals surface area contributed by atoms with E-state index < -0.39 is 0 Å². The van der Waals surface area contributed by atoms with Gasteiger partial charge in [0.15, 0.2) is 0 Å². The van der Waals surface area contributed by atoms with Crippen molar-refractivity contribution in [2.24, 2.45) is 0 Å². The van der Waals surface area contributed by atoms with E-state index in [0.29, 0.717) is 13.2 Å². The van der Waals surface area contributed by atoms with Gasteiger partial charge in [0, 0.05) is 21.5 Å². The van der Waals surface area contributed by atoms with E-state index in [4.69, 9.17) is 9.47 Å². The summed E-state index contributed by atoms with van der Waals surface area (Å²) in [7, 11) is 0. The predicted octanol–water partition coefficient (Wildman–Crippen LogP) is 7.30. The molecule has 3 aromatic carbocycles. The van der Waals surface area contributed by atoms with Crippen LogP contribution in [0.1, 0.15) is 37.8 Å². The van der Waals surface area contributed by atoms with E-state index in [0.717, 1.165) is 45.9 Å². The number of hydrogen-bond acceptors (Lipinski definition) is 2. The summed E-state index contributed by atoms with van der Waals surface area (Å²) in [6.45, 7) is 9.65. The van der Waals surface area contributed by atoms with Gasteiger partial charge in [0.25, 0.3) is 0 Å². The largest absolute Gasteiger partial charge is 0.492 e. The number of ether oxygens (including phenoxy) is 2. The van der Waals surface area contributed by atoms with E-state index in [9.17, 15) is 0 Å². The average Bonchev–Trinajstić information content (AvgIpc) is 2.69. The number of aryl methyl sites for hydroxylation is 2. The maximum absolute atomic E-state index is 6.32. The topological polar surface area (TPSA) is 18.5 Å². The standard InChI is InChI=1S/C26H30O2/c1-5-7-9-15-27-25-21-13-11-19(3)17-23(21)26(28-16-10-8-6-2)24-18-20(4)12-14-22(24)25/h5-8,11-14,17-18H,9-10,15-16H2,1-4H3/b7-5+,8-6+. The minimum Gasteiger partial charge on any atom is -0.492 e. The first-order valence-corrected chi connectivity index (χ1v) is 10.1. The van der Waals surface area contributed by atoms with Gasteiger partial charge in [-0.3, -0.25) is 0 Å². The fourth-order valence-electron chi connectivity index (χ4n) is 3.48. The van der Waals surface area contributed by atoms with Gasteiger partial charge in [-0.05, 0) is 52.7 Å². The number of allylic oxidation sites excluding steroid dienone is 2. The molecule has 0 amide bonds. The van der Waals surface area contributed by atoms with Gasteiger partial charge < -0.3 is 9.47 Å². The van der Waals surface area contributed by atoms with Gasteiger partial charge in [-0.1, -0.05) is 59.7 Å². The van der Waals surface area contributed by atoms with Crippen LogP contribution in [0.25, 0.3) is 21.5 Å². The van der Waals surface area contributed by atoms with Gasteiger partial charge in [-0.25, -0.2) is 0 Å². The lowest BCUT2D eigenvalue weighted by Crippen LogP contribution is -2.02. The second kappa shape index (κ2) is 9.45. The molecule has 0 N–H and O–H groups in total. The zero-order valence-corrected chi connectivity index (χ0v) is 17.4. The van der Waals surface area contributed by atoms with E-state index in [1.807, 2.05) is 13.8 Å². The molecule has 0 unspecified atom stereocenters. The molecule has 0 fully saturated rings. The number of benzene rings is 3. The van der Waals surface area contributed by atoms with Gasteiger partial charge in [-0.15, -0.1) is 0 Å². The Balaban J connectivity index is 2.18. The minimum atomic E-state index is 0.664. The Morgan fingerprint density at radius 1 is 0.643 bits per heavy atom. The first-order chi connectivity index (χ1) is 13.7. The Morgan fingerprint density at radius 2 is 1.07 bits per heavy atom. The van der Waals surface area contributed by atoms with Crippen molar-refractivity contribution in [3.8, 4) is 11.5 Å². The highest BCUT2D eigenvalue weighted by Gasteiger charge is 2.16. The van der Waals surface area contributed by atoms with Crippen molar-refractivity contribution in [3.05, 3.63) is 71.8 Å². The molecular weight excluding hydrogens is 344 g/mol. The van der Waals surface area contributed by atoms with Crippen LogP contribution in [-0.2, 0) is 0 Å². The lowest BCUT2D eigenvalue weighted by molar-refractivity contribution is 0.327. The lowest BCUT2D eigenvalue weighted by Gasteiger charge is -2.18. The molecule has 0 atom stereocenters. The maximum atomic E-state index is 6.32. The highest BCUT2D eigenvalue weighted by Crippen LogP contribution is 2.43. The van der Waals surface area contributed by atoms with Crippen molar-refractivity contribution in [1.29, 1.82) is 0 Å². The van der Waals surface area contributed by atoms with Crippen LogP contribution in [0.4, 0.5) is 0 Å². The average molecular weight is 375 g/mol. The summed E-state index contributed by atoms with van der Waals surface area (Å²) in [6, 6.07) is 13.0. The summed E-state index contributed by atoms with van der Waals surface area (Å²) >= 11 is 0. The van der Waals surface area contributed by atoms with E-state index in [1.54, 1.807) is 0 Å². The first kappa shape index (κ1) is 20.0. The molecule has 3 aromatic rings.